The molecule has 1 atom stereocenters. The molecule has 0 fully saturated rings. The maximum absolute atomic E-state index is 14.3. The lowest BCUT2D eigenvalue weighted by molar-refractivity contribution is -0.139. The van der Waals surface area contributed by atoms with Crippen LogP contribution in [-0.2, 0) is 32.6 Å². The highest BCUT2D eigenvalue weighted by atomic mass is 32.2. The highest BCUT2D eigenvalue weighted by Crippen LogP contribution is 2.27. The monoisotopic (exact) mass is 583 g/mol. The first-order valence-corrected chi connectivity index (χ1v) is 15.3. The highest BCUT2D eigenvalue weighted by Gasteiger charge is 2.34. The standard InChI is InChI=1S/C34H37N3O4S/c1-25-15-18-29(19-16-25)23-36(32(34(39)35-4)22-28-11-7-5-8-12-28)33(38)24-37(30-20-17-26(2)27(3)21-30)42(40,41)31-13-9-6-10-14-31/h5-21,32H,22-24H2,1-4H3,(H,35,39)/t32-/m1/s1. The summed E-state index contributed by atoms with van der Waals surface area (Å²) in [7, 11) is -2.58. The van der Waals surface area contributed by atoms with E-state index < -0.39 is 28.5 Å². The minimum Gasteiger partial charge on any atom is -0.357 e. The lowest BCUT2D eigenvalue weighted by Gasteiger charge is -2.33. The third-order valence-corrected chi connectivity index (χ3v) is 9.17. The Morgan fingerprint density at radius 3 is 1.98 bits per heavy atom. The van der Waals surface area contributed by atoms with Crippen molar-refractivity contribution in [2.75, 3.05) is 17.9 Å². The molecule has 42 heavy (non-hydrogen) atoms. The summed E-state index contributed by atoms with van der Waals surface area (Å²) in [6.45, 7) is 5.48. The number of benzene rings is 4. The van der Waals surface area contributed by atoms with Gasteiger partial charge in [0.2, 0.25) is 11.8 Å². The van der Waals surface area contributed by atoms with Crippen molar-refractivity contribution in [2.24, 2.45) is 0 Å². The molecule has 0 spiro atoms. The van der Waals surface area contributed by atoms with Crippen LogP contribution in [0.1, 0.15) is 27.8 Å². The zero-order chi connectivity index (χ0) is 30.3. The van der Waals surface area contributed by atoms with E-state index in [1.807, 2.05) is 81.4 Å². The molecule has 0 aromatic heterocycles. The smallest absolute Gasteiger partial charge is 0.264 e. The Kier molecular flexibility index (Phi) is 9.80. The first-order valence-electron chi connectivity index (χ1n) is 13.9. The van der Waals surface area contributed by atoms with Crippen molar-refractivity contribution in [3.8, 4) is 0 Å². The third kappa shape index (κ3) is 7.25. The maximum Gasteiger partial charge on any atom is 0.264 e. The van der Waals surface area contributed by atoms with Crippen LogP contribution >= 0.6 is 0 Å². The Bertz CT molecular complexity index is 1620. The topological polar surface area (TPSA) is 86.8 Å². The van der Waals surface area contributed by atoms with Gasteiger partial charge in [0.1, 0.15) is 12.6 Å². The fourth-order valence-corrected chi connectivity index (χ4v) is 6.17. The van der Waals surface area contributed by atoms with E-state index in [1.54, 1.807) is 30.3 Å². The van der Waals surface area contributed by atoms with E-state index in [4.69, 9.17) is 0 Å². The normalized spacial score (nSPS) is 11.9. The minimum atomic E-state index is -4.12. The van der Waals surface area contributed by atoms with Crippen LogP contribution < -0.4 is 9.62 Å². The van der Waals surface area contributed by atoms with Gasteiger partial charge in [0.25, 0.3) is 10.0 Å². The zero-order valence-corrected chi connectivity index (χ0v) is 25.3. The van der Waals surface area contributed by atoms with Gasteiger partial charge in [-0.3, -0.25) is 13.9 Å². The van der Waals surface area contributed by atoms with Gasteiger partial charge in [-0.2, -0.15) is 0 Å². The number of aryl methyl sites for hydroxylation is 3. The van der Waals surface area contributed by atoms with Crippen molar-refractivity contribution < 1.29 is 18.0 Å². The molecule has 0 heterocycles. The Morgan fingerprint density at radius 1 is 0.762 bits per heavy atom. The van der Waals surface area contributed by atoms with Gasteiger partial charge in [-0.25, -0.2) is 8.42 Å². The summed E-state index contributed by atoms with van der Waals surface area (Å²) in [5.41, 5.74) is 5.07. The second kappa shape index (κ2) is 13.5. The van der Waals surface area contributed by atoms with Crippen molar-refractivity contribution in [3.63, 3.8) is 0 Å². The van der Waals surface area contributed by atoms with Crippen LogP contribution in [0.4, 0.5) is 5.69 Å². The molecule has 8 heteroatoms. The summed E-state index contributed by atoms with van der Waals surface area (Å²) in [5.74, 6) is -0.819. The number of anilines is 1. The van der Waals surface area contributed by atoms with Crippen LogP contribution in [0.3, 0.4) is 0 Å². The number of nitrogens with one attached hydrogen (secondary N) is 1. The first kappa shape index (κ1) is 30.5. The average Bonchev–Trinajstić information content (AvgIpc) is 3.00. The molecule has 0 aliphatic carbocycles. The molecule has 4 aromatic carbocycles. The number of nitrogens with zero attached hydrogens (tertiary/aromatic N) is 2. The second-order valence-electron chi connectivity index (χ2n) is 10.4. The first-order chi connectivity index (χ1) is 20.1. The molecule has 0 aliphatic heterocycles. The molecular weight excluding hydrogens is 546 g/mol. The minimum absolute atomic E-state index is 0.0771. The summed E-state index contributed by atoms with van der Waals surface area (Å²) in [5, 5.41) is 2.71. The van der Waals surface area contributed by atoms with Crippen molar-refractivity contribution in [1.82, 2.24) is 10.2 Å². The molecule has 0 unspecified atom stereocenters. The Hall–Kier alpha value is -4.43. The van der Waals surface area contributed by atoms with Crippen LogP contribution in [0.5, 0.6) is 0 Å². The number of hydrogen-bond donors (Lipinski definition) is 1. The van der Waals surface area contributed by atoms with Crippen LogP contribution in [0.2, 0.25) is 0 Å². The molecule has 7 nitrogen and oxygen atoms in total. The van der Waals surface area contributed by atoms with Crippen molar-refractivity contribution in [3.05, 3.63) is 131 Å². The molecule has 0 aliphatic rings. The summed E-state index contributed by atoms with van der Waals surface area (Å²) in [6, 6.07) is 29.7. The molecule has 0 radical (unpaired) electrons. The number of amides is 2. The molecule has 4 rings (SSSR count). The molecule has 0 saturated heterocycles. The average molecular weight is 584 g/mol. The van der Waals surface area contributed by atoms with Crippen LogP contribution in [-0.4, -0.2) is 44.8 Å². The van der Waals surface area contributed by atoms with E-state index in [2.05, 4.69) is 5.32 Å². The van der Waals surface area contributed by atoms with Crippen LogP contribution in [0.25, 0.3) is 0 Å². The summed E-state index contributed by atoms with van der Waals surface area (Å²) in [4.78, 5) is 29.2. The van der Waals surface area contributed by atoms with Crippen molar-refractivity contribution >= 4 is 27.5 Å². The quantitative estimate of drug-likeness (QED) is 0.263. The van der Waals surface area contributed by atoms with Gasteiger partial charge in [0.15, 0.2) is 0 Å². The van der Waals surface area contributed by atoms with Gasteiger partial charge in [-0.1, -0.05) is 84.4 Å². The highest BCUT2D eigenvalue weighted by molar-refractivity contribution is 7.92. The van der Waals surface area contributed by atoms with Crippen LogP contribution in [0.15, 0.2) is 108 Å². The second-order valence-corrected chi connectivity index (χ2v) is 12.3. The molecule has 0 saturated carbocycles. The number of carbonyl (C=O) groups is 2. The molecule has 1 N–H and O–H groups in total. The van der Waals surface area contributed by atoms with Crippen molar-refractivity contribution in [2.45, 2.75) is 44.7 Å². The Labute approximate surface area is 248 Å². The molecular formula is C34H37N3O4S. The lowest BCUT2D eigenvalue weighted by Crippen LogP contribution is -2.53. The van der Waals surface area contributed by atoms with Gasteiger partial charge < -0.3 is 10.2 Å². The Morgan fingerprint density at radius 2 is 1.38 bits per heavy atom. The van der Waals surface area contributed by atoms with Gasteiger partial charge in [0.05, 0.1) is 10.6 Å². The maximum atomic E-state index is 14.3. The van der Waals surface area contributed by atoms with E-state index in [0.717, 1.165) is 32.1 Å². The lowest BCUT2D eigenvalue weighted by atomic mass is 10.0. The van der Waals surface area contributed by atoms with Gasteiger partial charge in [-0.05, 0) is 67.3 Å². The number of carbonyl (C=O) groups excluding carboxylic acids is 2. The SMILES string of the molecule is CNC(=O)[C@@H](Cc1ccccc1)N(Cc1ccc(C)cc1)C(=O)CN(c1ccc(C)c(C)c1)S(=O)(=O)c1ccccc1. The zero-order valence-electron chi connectivity index (χ0n) is 24.4. The number of hydrogen-bond acceptors (Lipinski definition) is 4. The fraction of sp³-hybridized carbons (Fsp3) is 0.235. The predicted molar refractivity (Wildman–Crippen MR) is 167 cm³/mol. The van der Waals surface area contributed by atoms with E-state index in [1.165, 1.54) is 24.1 Å². The van der Waals surface area contributed by atoms with Gasteiger partial charge in [-0.15, -0.1) is 0 Å². The number of rotatable bonds is 11. The largest absolute Gasteiger partial charge is 0.357 e. The number of sulfonamides is 1. The van der Waals surface area contributed by atoms with Crippen LogP contribution in [0, 0.1) is 20.8 Å². The molecule has 0 bridgehead atoms. The molecule has 2 amide bonds. The fourth-order valence-electron chi connectivity index (χ4n) is 4.74. The van der Waals surface area contributed by atoms with E-state index in [9.17, 15) is 18.0 Å². The van der Waals surface area contributed by atoms with Gasteiger partial charge in [0, 0.05) is 20.0 Å². The van der Waals surface area contributed by atoms with E-state index in [-0.39, 0.29) is 23.8 Å². The third-order valence-electron chi connectivity index (χ3n) is 7.38. The summed E-state index contributed by atoms with van der Waals surface area (Å²) < 4.78 is 29.2. The molecule has 4 aromatic rings. The predicted octanol–water partition coefficient (Wildman–Crippen LogP) is 5.19. The summed E-state index contributed by atoms with van der Waals surface area (Å²) in [6.07, 6.45) is 0.271. The van der Waals surface area contributed by atoms with E-state index >= 15 is 0 Å². The number of likely N-dealkylation sites (N-methyl/N-ethyl adjacent to an activating group) is 1. The Balaban J connectivity index is 1.79. The summed E-state index contributed by atoms with van der Waals surface area (Å²) >= 11 is 0. The molecule has 218 valence electrons. The van der Waals surface area contributed by atoms with Crippen molar-refractivity contribution in [1.29, 1.82) is 0 Å². The van der Waals surface area contributed by atoms with E-state index in [0.29, 0.717) is 5.69 Å². The van der Waals surface area contributed by atoms with Gasteiger partial charge >= 0.3 is 0 Å².